The van der Waals surface area contributed by atoms with Crippen molar-refractivity contribution >= 4 is 17.3 Å². The molecule has 2 aliphatic rings. The molecule has 2 aromatic rings. The standard InChI is InChI=1S/C18H16N2O5/c21-17-18(22,12-3-1-2-4-13(12)19-17)10-14(20-23)11-5-6-15-16(9-11)25-8-7-24-15/h1-6,9,22-23H,7-8,10H2,(H,19,21)/b20-14+/t18-/m0/s1. The fraction of sp³-hybridized carbons (Fsp3) is 0.222. The maximum Gasteiger partial charge on any atom is 0.261 e. The van der Waals surface area contributed by atoms with Crippen molar-refractivity contribution in [3.8, 4) is 11.5 Å². The van der Waals surface area contributed by atoms with E-state index in [1.807, 2.05) is 0 Å². The van der Waals surface area contributed by atoms with Gasteiger partial charge in [-0.3, -0.25) is 4.79 Å². The minimum Gasteiger partial charge on any atom is -0.486 e. The number of hydrogen-bond acceptors (Lipinski definition) is 6. The molecule has 2 aliphatic heterocycles. The van der Waals surface area contributed by atoms with E-state index in [-0.39, 0.29) is 12.1 Å². The number of carbonyl (C=O) groups excluding carboxylic acids is 1. The second kappa shape index (κ2) is 5.78. The first-order chi connectivity index (χ1) is 12.1. The zero-order valence-electron chi connectivity index (χ0n) is 13.2. The van der Waals surface area contributed by atoms with Gasteiger partial charge in [0, 0.05) is 23.2 Å². The van der Waals surface area contributed by atoms with Gasteiger partial charge >= 0.3 is 0 Å². The minimum absolute atomic E-state index is 0.173. The summed E-state index contributed by atoms with van der Waals surface area (Å²) in [6.45, 7) is 0.909. The van der Waals surface area contributed by atoms with Crippen LogP contribution in [0.25, 0.3) is 0 Å². The van der Waals surface area contributed by atoms with Crippen LogP contribution >= 0.6 is 0 Å². The Morgan fingerprint density at radius 2 is 1.92 bits per heavy atom. The molecule has 0 aromatic heterocycles. The third-order valence-corrected chi connectivity index (χ3v) is 4.42. The molecule has 0 fully saturated rings. The summed E-state index contributed by atoms with van der Waals surface area (Å²) >= 11 is 0. The van der Waals surface area contributed by atoms with Gasteiger partial charge in [-0.15, -0.1) is 0 Å². The molecule has 1 amide bonds. The highest BCUT2D eigenvalue weighted by Crippen LogP contribution is 2.39. The van der Waals surface area contributed by atoms with Gasteiger partial charge in [-0.2, -0.15) is 0 Å². The molecule has 0 spiro atoms. The van der Waals surface area contributed by atoms with Gasteiger partial charge in [0.05, 0.1) is 5.71 Å². The Hall–Kier alpha value is -3.06. The fourth-order valence-corrected chi connectivity index (χ4v) is 3.14. The Morgan fingerprint density at radius 1 is 1.16 bits per heavy atom. The quantitative estimate of drug-likeness (QED) is 0.450. The molecule has 0 bridgehead atoms. The van der Waals surface area contributed by atoms with Crippen molar-refractivity contribution < 1.29 is 24.6 Å². The monoisotopic (exact) mass is 340 g/mol. The summed E-state index contributed by atoms with van der Waals surface area (Å²) in [6.07, 6.45) is -0.175. The second-order valence-corrected chi connectivity index (χ2v) is 5.94. The lowest BCUT2D eigenvalue weighted by Gasteiger charge is -2.22. The number of ether oxygens (including phenoxy) is 2. The largest absolute Gasteiger partial charge is 0.486 e. The Morgan fingerprint density at radius 3 is 2.72 bits per heavy atom. The summed E-state index contributed by atoms with van der Waals surface area (Å²) in [5, 5.41) is 26.4. The first-order valence-corrected chi connectivity index (χ1v) is 7.86. The van der Waals surface area contributed by atoms with Crippen LogP contribution in [0.1, 0.15) is 17.5 Å². The first-order valence-electron chi connectivity index (χ1n) is 7.86. The number of oxime groups is 1. The highest BCUT2D eigenvalue weighted by molar-refractivity contribution is 6.10. The molecule has 7 heteroatoms. The SMILES string of the molecule is O=C1Nc2ccccc2[C@@]1(O)C/C(=N\O)c1ccc2c(c1)OCCO2. The molecule has 3 N–H and O–H groups in total. The lowest BCUT2D eigenvalue weighted by Crippen LogP contribution is -2.36. The number of benzene rings is 2. The Kier molecular flexibility index (Phi) is 3.58. The van der Waals surface area contributed by atoms with Crippen LogP contribution in [0.4, 0.5) is 5.69 Å². The smallest absolute Gasteiger partial charge is 0.261 e. The van der Waals surface area contributed by atoms with Crippen LogP contribution in [0, 0.1) is 0 Å². The number of fused-ring (bicyclic) bond motifs is 2. The van der Waals surface area contributed by atoms with Crippen molar-refractivity contribution in [2.75, 3.05) is 18.5 Å². The van der Waals surface area contributed by atoms with Gasteiger partial charge in [-0.25, -0.2) is 0 Å². The number of rotatable bonds is 3. The molecule has 25 heavy (non-hydrogen) atoms. The molecule has 7 nitrogen and oxygen atoms in total. The summed E-state index contributed by atoms with van der Waals surface area (Å²) in [5.41, 5.74) is -0.0809. The van der Waals surface area contributed by atoms with Gasteiger partial charge in [0.25, 0.3) is 5.91 Å². The lowest BCUT2D eigenvalue weighted by molar-refractivity contribution is -0.132. The van der Waals surface area contributed by atoms with Crippen LogP contribution < -0.4 is 14.8 Å². The number of aliphatic hydroxyl groups is 1. The van der Waals surface area contributed by atoms with Crippen LogP contribution in [0.15, 0.2) is 47.6 Å². The molecule has 0 saturated heterocycles. The predicted molar refractivity (Wildman–Crippen MR) is 89.3 cm³/mol. The maximum atomic E-state index is 12.3. The van der Waals surface area contributed by atoms with Crippen molar-refractivity contribution in [3.63, 3.8) is 0 Å². The molecular weight excluding hydrogens is 324 g/mol. The van der Waals surface area contributed by atoms with Crippen molar-refractivity contribution in [1.29, 1.82) is 0 Å². The summed E-state index contributed by atoms with van der Waals surface area (Å²) < 4.78 is 11.0. The molecule has 2 heterocycles. The van der Waals surface area contributed by atoms with Crippen molar-refractivity contribution in [3.05, 3.63) is 53.6 Å². The molecular formula is C18H16N2O5. The number of hydrogen-bond donors (Lipinski definition) is 3. The van der Waals surface area contributed by atoms with E-state index >= 15 is 0 Å². The van der Waals surface area contributed by atoms with Gasteiger partial charge in [0.15, 0.2) is 17.1 Å². The number of amides is 1. The molecule has 0 unspecified atom stereocenters. The third-order valence-electron chi connectivity index (χ3n) is 4.42. The fourth-order valence-electron chi connectivity index (χ4n) is 3.14. The third kappa shape index (κ3) is 2.49. The van der Waals surface area contributed by atoms with Crippen LogP contribution in [-0.2, 0) is 10.4 Å². The summed E-state index contributed by atoms with van der Waals surface area (Å²) in [6, 6.07) is 12.0. The van der Waals surface area contributed by atoms with Gasteiger partial charge in [-0.1, -0.05) is 23.4 Å². The van der Waals surface area contributed by atoms with E-state index in [0.29, 0.717) is 41.5 Å². The molecule has 0 radical (unpaired) electrons. The summed E-state index contributed by atoms with van der Waals surface area (Å²) in [4.78, 5) is 12.3. The van der Waals surface area contributed by atoms with E-state index < -0.39 is 11.5 Å². The van der Waals surface area contributed by atoms with Gasteiger partial charge in [-0.05, 0) is 24.3 Å². The van der Waals surface area contributed by atoms with Gasteiger partial charge < -0.3 is 25.1 Å². The topological polar surface area (TPSA) is 100 Å². The highest BCUT2D eigenvalue weighted by Gasteiger charge is 2.46. The normalized spacial score (nSPS) is 21.6. The van der Waals surface area contributed by atoms with Crippen molar-refractivity contribution in [2.45, 2.75) is 12.0 Å². The molecule has 2 aromatic carbocycles. The van der Waals surface area contributed by atoms with E-state index in [2.05, 4.69) is 10.5 Å². The zero-order chi connectivity index (χ0) is 17.4. The van der Waals surface area contributed by atoms with Crippen LogP contribution in [-0.4, -0.2) is 35.1 Å². The molecule has 0 saturated carbocycles. The molecule has 4 rings (SSSR count). The highest BCUT2D eigenvalue weighted by atomic mass is 16.6. The van der Waals surface area contributed by atoms with Crippen LogP contribution in [0.5, 0.6) is 11.5 Å². The average molecular weight is 340 g/mol. The average Bonchev–Trinajstić information content (AvgIpc) is 2.90. The minimum atomic E-state index is -1.80. The number of para-hydroxylation sites is 1. The summed E-state index contributed by atoms with van der Waals surface area (Å²) in [7, 11) is 0. The second-order valence-electron chi connectivity index (χ2n) is 5.94. The van der Waals surface area contributed by atoms with E-state index in [9.17, 15) is 15.1 Å². The van der Waals surface area contributed by atoms with Gasteiger partial charge in [0.2, 0.25) is 0 Å². The predicted octanol–water partition coefficient (Wildman–Crippen LogP) is 1.87. The van der Waals surface area contributed by atoms with E-state index in [0.717, 1.165) is 0 Å². The van der Waals surface area contributed by atoms with E-state index in [1.165, 1.54) is 0 Å². The number of anilines is 1. The Labute approximate surface area is 143 Å². The number of nitrogens with one attached hydrogen (secondary N) is 1. The Bertz CT molecular complexity index is 880. The number of carbonyl (C=O) groups is 1. The van der Waals surface area contributed by atoms with Crippen molar-refractivity contribution in [2.24, 2.45) is 5.16 Å². The first kappa shape index (κ1) is 15.5. The van der Waals surface area contributed by atoms with Crippen LogP contribution in [0.2, 0.25) is 0 Å². The van der Waals surface area contributed by atoms with Crippen molar-refractivity contribution in [1.82, 2.24) is 0 Å². The maximum absolute atomic E-state index is 12.3. The number of nitrogens with zero attached hydrogens (tertiary/aromatic N) is 1. The molecule has 128 valence electrons. The van der Waals surface area contributed by atoms with E-state index in [1.54, 1.807) is 42.5 Å². The zero-order valence-corrected chi connectivity index (χ0v) is 13.2. The van der Waals surface area contributed by atoms with Crippen LogP contribution in [0.3, 0.4) is 0 Å². The summed E-state index contributed by atoms with van der Waals surface area (Å²) in [5.74, 6) is 0.593. The Balaban J connectivity index is 1.68. The van der Waals surface area contributed by atoms with E-state index in [4.69, 9.17) is 9.47 Å². The lowest BCUT2D eigenvalue weighted by atomic mass is 9.87. The molecule has 0 aliphatic carbocycles. The molecule has 1 atom stereocenters. The van der Waals surface area contributed by atoms with Gasteiger partial charge in [0.1, 0.15) is 13.2 Å².